The number of carboxylic acid groups (broad SMARTS) is 1. The summed E-state index contributed by atoms with van der Waals surface area (Å²) in [5.74, 6) is -0.688. The third kappa shape index (κ3) is 3.98. The summed E-state index contributed by atoms with van der Waals surface area (Å²) < 4.78 is 15.0. The molecular formula is C15H18O6. The summed E-state index contributed by atoms with van der Waals surface area (Å²) in [6.07, 6.45) is 1.07. The minimum Gasteiger partial charge on any atom is -0.493 e. The maximum atomic E-state index is 11.6. The highest BCUT2D eigenvalue weighted by atomic mass is 16.5. The quantitative estimate of drug-likeness (QED) is 0.638. The Morgan fingerprint density at radius 2 is 1.86 bits per heavy atom. The van der Waals surface area contributed by atoms with E-state index in [9.17, 15) is 9.59 Å². The lowest BCUT2D eigenvalue weighted by Gasteiger charge is -2.13. The zero-order chi connectivity index (χ0) is 16.0. The van der Waals surface area contributed by atoms with Gasteiger partial charge in [0.15, 0.2) is 11.5 Å². The first-order valence-corrected chi connectivity index (χ1v) is 6.16. The van der Waals surface area contributed by atoms with Crippen molar-refractivity contribution in [1.82, 2.24) is 0 Å². The molecule has 0 amide bonds. The molecule has 0 fully saturated rings. The van der Waals surface area contributed by atoms with E-state index in [-0.39, 0.29) is 5.57 Å². The topological polar surface area (TPSA) is 82.1 Å². The van der Waals surface area contributed by atoms with Crippen molar-refractivity contribution in [3.05, 3.63) is 28.8 Å². The summed E-state index contributed by atoms with van der Waals surface area (Å²) in [6, 6.07) is 3.41. The first-order valence-electron chi connectivity index (χ1n) is 6.16. The Morgan fingerprint density at radius 1 is 1.19 bits per heavy atom. The normalized spacial score (nSPS) is 11.0. The fraction of sp³-hybridized carbons (Fsp3) is 0.333. The molecule has 0 aliphatic heterocycles. The molecule has 0 radical (unpaired) electrons. The first kappa shape index (κ1) is 16.6. The molecule has 0 aliphatic rings. The Labute approximate surface area is 122 Å². The number of carboxylic acids is 1. The number of hydrogen-bond acceptors (Lipinski definition) is 5. The van der Waals surface area contributed by atoms with Gasteiger partial charge in [0.05, 0.1) is 27.8 Å². The molecule has 0 aromatic heterocycles. The second-order valence-corrected chi connectivity index (χ2v) is 4.25. The van der Waals surface area contributed by atoms with Crippen LogP contribution in [0.1, 0.15) is 17.5 Å². The van der Waals surface area contributed by atoms with E-state index >= 15 is 0 Å². The molecule has 0 saturated carbocycles. The zero-order valence-electron chi connectivity index (χ0n) is 12.4. The predicted molar refractivity (Wildman–Crippen MR) is 76.5 cm³/mol. The van der Waals surface area contributed by atoms with Crippen LogP contribution in [0, 0.1) is 6.92 Å². The zero-order valence-corrected chi connectivity index (χ0v) is 12.4. The molecule has 1 aromatic carbocycles. The molecule has 6 nitrogen and oxygen atoms in total. The summed E-state index contributed by atoms with van der Waals surface area (Å²) in [5.41, 5.74) is 1.46. The van der Waals surface area contributed by atoms with Gasteiger partial charge >= 0.3 is 11.9 Å². The third-order valence-electron chi connectivity index (χ3n) is 2.95. The van der Waals surface area contributed by atoms with Gasteiger partial charge in [-0.3, -0.25) is 4.79 Å². The van der Waals surface area contributed by atoms with Gasteiger partial charge in [-0.05, 0) is 24.6 Å². The molecule has 114 valence electrons. The number of methoxy groups -OCH3 is 3. The van der Waals surface area contributed by atoms with Crippen molar-refractivity contribution in [3.8, 4) is 11.5 Å². The van der Waals surface area contributed by atoms with Crippen LogP contribution < -0.4 is 9.47 Å². The van der Waals surface area contributed by atoms with Crippen molar-refractivity contribution < 1.29 is 28.9 Å². The van der Waals surface area contributed by atoms with Gasteiger partial charge in [-0.1, -0.05) is 6.07 Å². The minimum absolute atomic E-state index is 0.0559. The molecule has 6 heteroatoms. The molecule has 0 unspecified atom stereocenters. The van der Waals surface area contributed by atoms with Crippen LogP contribution in [-0.4, -0.2) is 38.4 Å². The lowest BCUT2D eigenvalue weighted by molar-refractivity contribution is -0.141. The molecule has 1 aromatic rings. The first-order chi connectivity index (χ1) is 9.94. The monoisotopic (exact) mass is 294 g/mol. The van der Waals surface area contributed by atoms with Crippen molar-refractivity contribution >= 4 is 18.0 Å². The molecule has 1 rings (SSSR count). The van der Waals surface area contributed by atoms with Crippen molar-refractivity contribution in [1.29, 1.82) is 0 Å². The van der Waals surface area contributed by atoms with Crippen molar-refractivity contribution in [2.45, 2.75) is 13.3 Å². The average molecular weight is 294 g/mol. The van der Waals surface area contributed by atoms with Gasteiger partial charge in [-0.15, -0.1) is 0 Å². The molecule has 0 heterocycles. The fourth-order valence-electron chi connectivity index (χ4n) is 1.92. The number of carbonyl (C=O) groups excluding carboxylic acids is 1. The second-order valence-electron chi connectivity index (χ2n) is 4.25. The van der Waals surface area contributed by atoms with Crippen LogP contribution >= 0.6 is 0 Å². The Bertz CT molecular complexity index is 574. The summed E-state index contributed by atoms with van der Waals surface area (Å²) in [6.45, 7) is 1.79. The molecule has 0 spiro atoms. The van der Waals surface area contributed by atoms with Crippen molar-refractivity contribution in [2.75, 3.05) is 21.3 Å². The largest absolute Gasteiger partial charge is 0.493 e. The van der Waals surface area contributed by atoms with E-state index in [1.54, 1.807) is 19.1 Å². The molecule has 0 atom stereocenters. The summed E-state index contributed by atoms with van der Waals surface area (Å²) in [4.78, 5) is 22.5. The standard InChI is InChI=1S/C15H18O6/c1-9-10(5-6-12(19-2)14(9)20-3)7-11(8-13(16)17)15(18)21-4/h5-7H,8H2,1-4H3,(H,16,17)/b11-7+. The van der Waals surface area contributed by atoms with Crippen LogP contribution in [0.15, 0.2) is 17.7 Å². The van der Waals surface area contributed by atoms with Gasteiger partial charge < -0.3 is 19.3 Å². The van der Waals surface area contributed by atoms with E-state index in [2.05, 4.69) is 4.74 Å². The van der Waals surface area contributed by atoms with Gasteiger partial charge in [-0.2, -0.15) is 0 Å². The van der Waals surface area contributed by atoms with Crippen LogP contribution in [0.2, 0.25) is 0 Å². The number of benzene rings is 1. The molecule has 21 heavy (non-hydrogen) atoms. The van der Waals surface area contributed by atoms with Gasteiger partial charge in [-0.25, -0.2) is 4.79 Å². The van der Waals surface area contributed by atoms with Gasteiger partial charge in [0.2, 0.25) is 0 Å². The molecular weight excluding hydrogens is 276 g/mol. The number of ether oxygens (including phenoxy) is 3. The van der Waals surface area contributed by atoms with E-state index in [1.165, 1.54) is 27.4 Å². The Kier molecular flexibility index (Phi) is 5.78. The van der Waals surface area contributed by atoms with E-state index in [4.69, 9.17) is 14.6 Å². The van der Waals surface area contributed by atoms with E-state index < -0.39 is 18.4 Å². The lowest BCUT2D eigenvalue weighted by Crippen LogP contribution is -2.09. The van der Waals surface area contributed by atoms with Crippen molar-refractivity contribution in [2.24, 2.45) is 0 Å². The maximum Gasteiger partial charge on any atom is 0.334 e. The second kappa shape index (κ2) is 7.33. The molecule has 1 N–H and O–H groups in total. The van der Waals surface area contributed by atoms with E-state index in [0.717, 1.165) is 5.56 Å². The number of carbonyl (C=O) groups is 2. The lowest BCUT2D eigenvalue weighted by atomic mass is 10.0. The molecule has 0 saturated heterocycles. The average Bonchev–Trinajstić information content (AvgIpc) is 2.46. The van der Waals surface area contributed by atoms with Gasteiger partial charge in [0.25, 0.3) is 0 Å². The Balaban J connectivity index is 3.33. The van der Waals surface area contributed by atoms with Crippen LogP contribution in [-0.2, 0) is 14.3 Å². The fourth-order valence-corrected chi connectivity index (χ4v) is 1.92. The molecule has 0 bridgehead atoms. The van der Waals surface area contributed by atoms with Gasteiger partial charge in [0.1, 0.15) is 0 Å². The van der Waals surface area contributed by atoms with E-state index in [1.807, 2.05) is 0 Å². The summed E-state index contributed by atoms with van der Waals surface area (Å²) >= 11 is 0. The Morgan fingerprint density at radius 3 is 2.33 bits per heavy atom. The van der Waals surface area contributed by atoms with Crippen molar-refractivity contribution in [3.63, 3.8) is 0 Å². The Hall–Kier alpha value is -2.50. The highest BCUT2D eigenvalue weighted by Gasteiger charge is 2.16. The summed E-state index contributed by atoms with van der Waals surface area (Å²) in [7, 11) is 4.24. The minimum atomic E-state index is -1.11. The number of rotatable bonds is 6. The highest BCUT2D eigenvalue weighted by molar-refractivity contribution is 5.98. The highest BCUT2D eigenvalue weighted by Crippen LogP contribution is 2.33. The van der Waals surface area contributed by atoms with Gasteiger partial charge in [0, 0.05) is 11.1 Å². The number of esters is 1. The van der Waals surface area contributed by atoms with Crippen LogP contribution in [0.4, 0.5) is 0 Å². The van der Waals surface area contributed by atoms with Crippen LogP contribution in [0.25, 0.3) is 6.08 Å². The smallest absolute Gasteiger partial charge is 0.334 e. The predicted octanol–water partition coefficient (Wildman–Crippen LogP) is 2.04. The van der Waals surface area contributed by atoms with Crippen LogP contribution in [0.5, 0.6) is 11.5 Å². The summed E-state index contributed by atoms with van der Waals surface area (Å²) in [5, 5.41) is 8.87. The number of hydrogen-bond donors (Lipinski definition) is 1. The SMILES string of the molecule is COC(=O)/C(=C/c1ccc(OC)c(OC)c1C)CC(=O)O. The molecule has 0 aliphatic carbocycles. The third-order valence-corrected chi connectivity index (χ3v) is 2.95. The van der Waals surface area contributed by atoms with E-state index in [0.29, 0.717) is 17.1 Å². The van der Waals surface area contributed by atoms with Crippen LogP contribution in [0.3, 0.4) is 0 Å². The maximum absolute atomic E-state index is 11.6. The number of aliphatic carboxylic acids is 1.